The fourth-order valence-electron chi connectivity index (χ4n) is 4.12. The van der Waals surface area contributed by atoms with E-state index >= 15 is 0 Å². The third kappa shape index (κ3) is 4.05. The summed E-state index contributed by atoms with van der Waals surface area (Å²) in [5, 5.41) is 13.0. The molecule has 0 atom stereocenters. The predicted octanol–water partition coefficient (Wildman–Crippen LogP) is 6.96. The molecule has 0 unspecified atom stereocenters. The number of aryl methyl sites for hydroxylation is 1. The van der Waals surface area contributed by atoms with Crippen LogP contribution in [0.5, 0.6) is 5.75 Å². The first-order valence-corrected chi connectivity index (χ1v) is 14.2. The number of phenols is 1. The van der Waals surface area contributed by atoms with Crippen LogP contribution in [-0.4, -0.2) is 23.5 Å². The van der Waals surface area contributed by atoms with Gasteiger partial charge in [-0.1, -0.05) is 66.4 Å². The number of nitrogens with one attached hydrogen (secondary N) is 1. The minimum Gasteiger partial charge on any atom is -0.506 e. The molecule has 2 aromatic heterocycles. The number of nitrogens with zero attached hydrogens (tertiary/aromatic N) is 2. The molecule has 0 bridgehead atoms. The lowest BCUT2D eigenvalue weighted by molar-refractivity contribution is 0.469. The number of benzene rings is 4. The van der Waals surface area contributed by atoms with Crippen LogP contribution in [0.2, 0.25) is 0 Å². The maximum Gasteiger partial charge on any atom is 0.264 e. The van der Waals surface area contributed by atoms with Gasteiger partial charge in [0.25, 0.3) is 10.0 Å². The molecule has 0 radical (unpaired) electrons. The Morgan fingerprint density at radius 1 is 0.889 bits per heavy atom. The van der Waals surface area contributed by atoms with Crippen LogP contribution < -0.4 is 4.72 Å². The summed E-state index contributed by atoms with van der Waals surface area (Å²) in [5.74, 6) is 0.0836. The number of anilines is 1. The monoisotopic (exact) mass is 529 g/mol. The van der Waals surface area contributed by atoms with E-state index in [0.29, 0.717) is 26.9 Å². The second kappa shape index (κ2) is 8.77. The Balaban J connectivity index is 1.47. The molecule has 0 saturated heterocycles. The summed E-state index contributed by atoms with van der Waals surface area (Å²) < 4.78 is 31.8. The number of pyridine rings is 1. The van der Waals surface area contributed by atoms with E-state index in [4.69, 9.17) is 0 Å². The number of aromatic hydroxyl groups is 1. The Hall–Kier alpha value is -3.66. The predicted molar refractivity (Wildman–Crippen MR) is 147 cm³/mol. The molecule has 6 aromatic rings. The van der Waals surface area contributed by atoms with Crippen LogP contribution in [0.15, 0.2) is 99.1 Å². The van der Waals surface area contributed by atoms with Crippen LogP contribution >= 0.6 is 23.1 Å². The Morgan fingerprint density at radius 2 is 1.67 bits per heavy atom. The van der Waals surface area contributed by atoms with E-state index in [1.54, 1.807) is 30.3 Å². The molecule has 6 nitrogen and oxygen atoms in total. The average molecular weight is 530 g/mol. The van der Waals surface area contributed by atoms with Crippen molar-refractivity contribution in [1.82, 2.24) is 9.97 Å². The van der Waals surface area contributed by atoms with Gasteiger partial charge >= 0.3 is 0 Å². The molecule has 0 amide bonds. The van der Waals surface area contributed by atoms with Crippen molar-refractivity contribution in [2.75, 3.05) is 4.72 Å². The molecule has 0 fully saturated rings. The quantitative estimate of drug-likeness (QED) is 0.235. The molecule has 2 N–H and O–H groups in total. The van der Waals surface area contributed by atoms with Gasteiger partial charge in [-0.2, -0.15) is 0 Å². The molecule has 0 saturated carbocycles. The summed E-state index contributed by atoms with van der Waals surface area (Å²) in [5.41, 5.74) is 2.40. The van der Waals surface area contributed by atoms with Gasteiger partial charge in [0.2, 0.25) is 0 Å². The fourth-order valence-corrected chi connectivity index (χ4v) is 7.48. The number of rotatable bonds is 5. The number of sulfonamides is 1. The summed E-state index contributed by atoms with van der Waals surface area (Å²) in [6, 6.07) is 25.5. The van der Waals surface area contributed by atoms with Gasteiger partial charge in [0.15, 0.2) is 4.34 Å². The van der Waals surface area contributed by atoms with Gasteiger partial charge in [0, 0.05) is 21.9 Å². The molecule has 0 aliphatic carbocycles. The van der Waals surface area contributed by atoms with Crippen molar-refractivity contribution < 1.29 is 13.5 Å². The second-order valence-electron chi connectivity index (χ2n) is 8.25. The Labute approximate surface area is 215 Å². The maximum atomic E-state index is 13.6. The molecule has 6 rings (SSSR count). The van der Waals surface area contributed by atoms with E-state index in [9.17, 15) is 13.5 Å². The summed E-state index contributed by atoms with van der Waals surface area (Å²) in [6.07, 6.45) is 0. The van der Waals surface area contributed by atoms with Crippen molar-refractivity contribution in [3.05, 3.63) is 90.6 Å². The standard InChI is InChI=1S/C27H19N3O3S3/c1-16-13-14-17-7-6-12-24(25(17)28-16)36(32,33)30-21-15-23(26(31)19-9-3-2-8-18(19)21)35-27-29-20-10-4-5-11-22(20)34-27/h2-15,30-31H,1H3. The number of fused-ring (bicyclic) bond motifs is 3. The molecule has 4 aromatic carbocycles. The highest BCUT2D eigenvalue weighted by molar-refractivity contribution is 8.01. The lowest BCUT2D eigenvalue weighted by Gasteiger charge is -2.15. The highest BCUT2D eigenvalue weighted by Gasteiger charge is 2.22. The zero-order valence-corrected chi connectivity index (χ0v) is 21.4. The number of hydrogen-bond acceptors (Lipinski definition) is 7. The summed E-state index contributed by atoms with van der Waals surface area (Å²) in [6.45, 7) is 1.83. The zero-order valence-electron chi connectivity index (χ0n) is 19.0. The van der Waals surface area contributed by atoms with Crippen LogP contribution in [0.25, 0.3) is 31.9 Å². The van der Waals surface area contributed by atoms with Crippen LogP contribution in [-0.2, 0) is 10.0 Å². The van der Waals surface area contributed by atoms with Gasteiger partial charge in [-0.25, -0.2) is 13.4 Å². The van der Waals surface area contributed by atoms with E-state index in [1.807, 2.05) is 61.5 Å². The third-order valence-corrected chi connectivity index (χ3v) is 9.33. The van der Waals surface area contributed by atoms with E-state index < -0.39 is 10.0 Å². The highest BCUT2D eigenvalue weighted by atomic mass is 32.2. The maximum absolute atomic E-state index is 13.6. The first-order valence-electron chi connectivity index (χ1n) is 11.1. The van der Waals surface area contributed by atoms with Gasteiger partial charge in [0.1, 0.15) is 10.6 Å². The van der Waals surface area contributed by atoms with E-state index in [0.717, 1.165) is 25.6 Å². The van der Waals surface area contributed by atoms with Crippen LogP contribution in [0.1, 0.15) is 5.69 Å². The molecule has 0 aliphatic rings. The van der Waals surface area contributed by atoms with Gasteiger partial charge < -0.3 is 5.11 Å². The van der Waals surface area contributed by atoms with Crippen LogP contribution in [0.4, 0.5) is 5.69 Å². The number of para-hydroxylation sites is 2. The normalized spacial score (nSPS) is 11.9. The first-order chi connectivity index (χ1) is 17.4. The Kier molecular flexibility index (Phi) is 5.55. The smallest absolute Gasteiger partial charge is 0.264 e. The first kappa shape index (κ1) is 22.8. The largest absolute Gasteiger partial charge is 0.506 e. The average Bonchev–Trinajstić information content (AvgIpc) is 3.28. The third-order valence-electron chi connectivity index (χ3n) is 5.81. The van der Waals surface area contributed by atoms with Gasteiger partial charge in [-0.05, 0) is 37.3 Å². The number of hydrogen-bond donors (Lipinski definition) is 2. The molecule has 2 heterocycles. The fraction of sp³-hybridized carbons (Fsp3) is 0.0370. The van der Waals surface area contributed by atoms with Crippen LogP contribution in [0.3, 0.4) is 0 Å². The minimum absolute atomic E-state index is 0.0836. The molecular weight excluding hydrogens is 511 g/mol. The van der Waals surface area contributed by atoms with Crippen molar-refractivity contribution in [1.29, 1.82) is 0 Å². The van der Waals surface area contributed by atoms with Crippen molar-refractivity contribution in [3.63, 3.8) is 0 Å². The van der Waals surface area contributed by atoms with Crippen molar-refractivity contribution >= 4 is 70.7 Å². The Morgan fingerprint density at radius 3 is 2.50 bits per heavy atom. The van der Waals surface area contributed by atoms with E-state index in [1.165, 1.54) is 23.1 Å². The second-order valence-corrected chi connectivity index (χ2v) is 12.2. The van der Waals surface area contributed by atoms with Gasteiger partial charge in [-0.15, -0.1) is 11.3 Å². The number of thiazole rings is 1. The lowest BCUT2D eigenvalue weighted by atomic mass is 10.1. The minimum atomic E-state index is -3.99. The number of aromatic nitrogens is 2. The summed E-state index contributed by atoms with van der Waals surface area (Å²) >= 11 is 2.82. The van der Waals surface area contributed by atoms with E-state index in [2.05, 4.69) is 14.7 Å². The molecule has 0 aliphatic heterocycles. The Bertz CT molecular complexity index is 1870. The lowest BCUT2D eigenvalue weighted by Crippen LogP contribution is -2.14. The number of phenolic OH excluding ortho intramolecular Hbond substituents is 1. The van der Waals surface area contributed by atoms with Gasteiger partial charge in [0.05, 0.1) is 26.3 Å². The summed E-state index contributed by atoms with van der Waals surface area (Å²) in [7, 11) is -3.99. The molecule has 0 spiro atoms. The highest BCUT2D eigenvalue weighted by Crippen LogP contribution is 2.44. The van der Waals surface area contributed by atoms with Crippen molar-refractivity contribution in [3.8, 4) is 5.75 Å². The molecule has 9 heteroatoms. The molecular formula is C27H19N3O3S3. The van der Waals surface area contributed by atoms with E-state index in [-0.39, 0.29) is 10.6 Å². The van der Waals surface area contributed by atoms with Crippen molar-refractivity contribution in [2.24, 2.45) is 0 Å². The van der Waals surface area contributed by atoms with Gasteiger partial charge in [-0.3, -0.25) is 9.71 Å². The topological polar surface area (TPSA) is 92.2 Å². The zero-order chi connectivity index (χ0) is 24.9. The van der Waals surface area contributed by atoms with Crippen molar-refractivity contribution in [2.45, 2.75) is 21.1 Å². The SMILES string of the molecule is Cc1ccc2cccc(S(=O)(=O)Nc3cc(Sc4nc5ccccc5s4)c(O)c4ccccc34)c2n1. The van der Waals surface area contributed by atoms with Crippen LogP contribution in [0, 0.1) is 6.92 Å². The summed E-state index contributed by atoms with van der Waals surface area (Å²) in [4.78, 5) is 9.74. The molecule has 178 valence electrons. The molecule has 36 heavy (non-hydrogen) atoms.